The number of benzene rings is 6. The number of aryl methyl sites for hydroxylation is 1. The van der Waals surface area contributed by atoms with Crippen LogP contribution in [0.2, 0.25) is 0 Å². The molecule has 4 heterocycles. The third-order valence-corrected chi connectivity index (χ3v) is 18.7. The van der Waals surface area contributed by atoms with Crippen LogP contribution in [0.3, 0.4) is 0 Å². The molecule has 4 atom stereocenters. The molecule has 6 aliphatic rings. The Morgan fingerprint density at radius 2 is 1.12 bits per heavy atom. The predicted molar refractivity (Wildman–Crippen MR) is 283 cm³/mol. The number of nitrogens with zero attached hydrogens (tertiary/aromatic N) is 3. The summed E-state index contributed by atoms with van der Waals surface area (Å²) >= 11 is 0. The molecule has 66 heavy (non-hydrogen) atoms. The average molecular weight is 868 g/mol. The predicted octanol–water partition coefficient (Wildman–Crippen LogP) is 14.2. The highest BCUT2D eigenvalue weighted by Crippen LogP contribution is 2.66. The number of fused-ring (bicyclic) bond motifs is 12. The van der Waals surface area contributed by atoms with E-state index in [9.17, 15) is 0 Å². The monoisotopic (exact) mass is 868 g/mol. The molecule has 0 saturated heterocycles. The summed E-state index contributed by atoms with van der Waals surface area (Å²) in [6, 6.07) is 46.7. The Kier molecular flexibility index (Phi) is 8.48. The zero-order valence-corrected chi connectivity index (χ0v) is 42.1. The van der Waals surface area contributed by atoms with Crippen molar-refractivity contribution in [2.75, 3.05) is 14.7 Å². The van der Waals surface area contributed by atoms with Gasteiger partial charge in [-0.1, -0.05) is 168 Å². The lowest BCUT2D eigenvalue weighted by molar-refractivity contribution is 0.195. The number of rotatable bonds is 2. The van der Waals surface area contributed by atoms with Gasteiger partial charge in [0.25, 0.3) is 6.71 Å². The molecule has 0 bridgehead atoms. The molecule has 4 unspecified atom stereocenters. The van der Waals surface area contributed by atoms with Gasteiger partial charge in [0.2, 0.25) is 0 Å². The van der Waals surface area contributed by atoms with Gasteiger partial charge >= 0.3 is 0 Å². The molecule has 0 N–H and O–H groups in total. The first-order chi connectivity index (χ1) is 31.1. The van der Waals surface area contributed by atoms with Crippen molar-refractivity contribution < 1.29 is 0 Å². The van der Waals surface area contributed by atoms with Crippen LogP contribution in [-0.4, -0.2) is 12.3 Å². The molecule has 0 spiro atoms. The Hall–Kier alpha value is -5.22. The molecular formula is C62H70BN3. The van der Waals surface area contributed by atoms with Crippen molar-refractivity contribution in [1.29, 1.82) is 0 Å². The van der Waals surface area contributed by atoms with E-state index in [1.165, 1.54) is 115 Å². The second-order valence-corrected chi connectivity index (χ2v) is 25.3. The summed E-state index contributed by atoms with van der Waals surface area (Å²) in [7, 11) is 0. The van der Waals surface area contributed by atoms with E-state index in [2.05, 4.69) is 220 Å². The van der Waals surface area contributed by atoms with E-state index in [4.69, 9.17) is 0 Å². The quantitative estimate of drug-likeness (QED) is 0.160. The molecule has 0 radical (unpaired) electrons. The van der Waals surface area contributed by atoms with E-state index in [1.807, 2.05) is 0 Å². The van der Waals surface area contributed by atoms with Crippen molar-refractivity contribution in [3.63, 3.8) is 0 Å². The van der Waals surface area contributed by atoms with Crippen LogP contribution >= 0.6 is 0 Å². The first kappa shape index (κ1) is 42.2. The summed E-state index contributed by atoms with van der Waals surface area (Å²) in [6.07, 6.45) is 7.11. The van der Waals surface area contributed by atoms with E-state index in [1.54, 1.807) is 5.56 Å². The van der Waals surface area contributed by atoms with Crippen LogP contribution in [0.25, 0.3) is 0 Å². The standard InChI is InChI=1S/C62H70BN3/c1-56(2,3)40-21-18-22-43(34-40)64-51-36-42(58(7,8)9)26-28-48(51)63-49-25-19-24-46-55(49)66(61(12)32-17-16-31-59(46,61)10)53-38-44(37-52(64)54(53)63)65-50-29-27-41(57(4,5)6)35-47(50)60(11)33-30-39-20-14-15-23-45(39)62(60,65)13/h14-15,18-29,34-38H,16-17,30-33H2,1-13H3. The van der Waals surface area contributed by atoms with Crippen molar-refractivity contribution in [1.82, 2.24) is 0 Å². The Morgan fingerprint density at radius 1 is 0.470 bits per heavy atom. The van der Waals surface area contributed by atoms with Crippen LogP contribution < -0.4 is 31.1 Å². The first-order valence-electron chi connectivity index (χ1n) is 25.3. The maximum atomic E-state index is 2.92. The van der Waals surface area contributed by atoms with Crippen molar-refractivity contribution in [2.45, 2.75) is 167 Å². The first-order valence-corrected chi connectivity index (χ1v) is 25.3. The van der Waals surface area contributed by atoms with E-state index >= 15 is 0 Å². The largest absolute Gasteiger partial charge is 0.335 e. The Morgan fingerprint density at radius 3 is 1.88 bits per heavy atom. The molecule has 0 amide bonds. The van der Waals surface area contributed by atoms with Crippen LogP contribution in [0.4, 0.5) is 39.8 Å². The second-order valence-electron chi connectivity index (χ2n) is 25.3. The van der Waals surface area contributed by atoms with Gasteiger partial charge in [0, 0.05) is 50.6 Å². The number of hydrogen-bond acceptors (Lipinski definition) is 3. The van der Waals surface area contributed by atoms with Gasteiger partial charge in [-0.25, -0.2) is 0 Å². The zero-order chi connectivity index (χ0) is 46.3. The summed E-state index contributed by atoms with van der Waals surface area (Å²) in [5.41, 5.74) is 23.4. The highest BCUT2D eigenvalue weighted by Gasteiger charge is 2.63. The van der Waals surface area contributed by atoms with Gasteiger partial charge in [-0.2, -0.15) is 0 Å². The Balaban J connectivity index is 1.23. The smallest absolute Gasteiger partial charge is 0.252 e. The fourth-order valence-electron chi connectivity index (χ4n) is 14.4. The van der Waals surface area contributed by atoms with Gasteiger partial charge in [0.1, 0.15) is 0 Å². The van der Waals surface area contributed by atoms with E-state index in [0.717, 1.165) is 12.8 Å². The topological polar surface area (TPSA) is 9.72 Å². The molecule has 3 nitrogen and oxygen atoms in total. The van der Waals surface area contributed by atoms with E-state index in [-0.39, 0.29) is 44.9 Å². The third kappa shape index (κ3) is 5.28. The minimum absolute atomic E-state index is 0.00475. The lowest BCUT2D eigenvalue weighted by atomic mass is 9.33. The number of hydrogen-bond donors (Lipinski definition) is 0. The highest BCUT2D eigenvalue weighted by molar-refractivity contribution is 7.00. The van der Waals surface area contributed by atoms with E-state index < -0.39 is 0 Å². The molecule has 4 aliphatic heterocycles. The van der Waals surface area contributed by atoms with Crippen molar-refractivity contribution in [2.24, 2.45) is 0 Å². The minimum Gasteiger partial charge on any atom is -0.335 e. The van der Waals surface area contributed by atoms with Gasteiger partial charge < -0.3 is 14.7 Å². The van der Waals surface area contributed by atoms with Crippen LogP contribution in [-0.2, 0) is 39.0 Å². The van der Waals surface area contributed by atoms with Gasteiger partial charge in [-0.3, -0.25) is 0 Å². The Bertz CT molecular complexity index is 3050. The molecule has 4 heteroatoms. The van der Waals surface area contributed by atoms with Crippen LogP contribution in [0.1, 0.15) is 161 Å². The third-order valence-electron chi connectivity index (χ3n) is 18.7. The summed E-state index contributed by atoms with van der Waals surface area (Å²) in [5, 5.41) is 0. The maximum Gasteiger partial charge on any atom is 0.252 e. The molecule has 1 saturated carbocycles. The zero-order valence-electron chi connectivity index (χ0n) is 42.1. The lowest BCUT2D eigenvalue weighted by Gasteiger charge is -2.54. The molecule has 12 rings (SSSR count). The molecule has 2 aliphatic carbocycles. The SMILES string of the molecule is CC(C)(C)c1cccc(N2c3cc(C(C)(C)C)ccc3B3c4cccc5c4N(c4cc(N6c7ccc(C(C)(C)C)cc7C7(C)CCc8ccccc8C67C)cc2c43)C2(C)CCCCC52C)c1. The van der Waals surface area contributed by atoms with Crippen molar-refractivity contribution in [3.8, 4) is 0 Å². The van der Waals surface area contributed by atoms with Gasteiger partial charge in [0.05, 0.1) is 11.1 Å². The molecular weight excluding hydrogens is 798 g/mol. The maximum absolute atomic E-state index is 2.92. The lowest BCUT2D eigenvalue weighted by Crippen LogP contribution is -2.64. The van der Waals surface area contributed by atoms with Crippen molar-refractivity contribution >= 4 is 62.9 Å². The molecule has 6 aromatic rings. The van der Waals surface area contributed by atoms with Crippen LogP contribution in [0.5, 0.6) is 0 Å². The normalized spacial score (nSPS) is 25.7. The van der Waals surface area contributed by atoms with Gasteiger partial charge in [0.15, 0.2) is 0 Å². The van der Waals surface area contributed by atoms with Crippen LogP contribution in [0, 0.1) is 0 Å². The summed E-state index contributed by atoms with van der Waals surface area (Å²) < 4.78 is 0. The van der Waals surface area contributed by atoms with Crippen LogP contribution in [0.15, 0.2) is 115 Å². The van der Waals surface area contributed by atoms with E-state index in [0.29, 0.717) is 0 Å². The number of para-hydroxylation sites is 1. The molecule has 6 aromatic carbocycles. The average Bonchev–Trinajstić information content (AvgIpc) is 3.62. The summed E-state index contributed by atoms with van der Waals surface area (Å²) in [5.74, 6) is 0. The fourth-order valence-corrected chi connectivity index (χ4v) is 14.4. The van der Waals surface area contributed by atoms with Gasteiger partial charge in [-0.15, -0.1) is 0 Å². The second kappa shape index (κ2) is 13.3. The summed E-state index contributed by atoms with van der Waals surface area (Å²) in [6.45, 7) is 31.8. The number of anilines is 7. The minimum atomic E-state index is -0.337. The Labute approximate surface area is 396 Å². The fraction of sp³-hybridized carbons (Fsp3) is 0.419. The highest BCUT2D eigenvalue weighted by atomic mass is 15.3. The molecule has 1 fully saturated rings. The van der Waals surface area contributed by atoms with Gasteiger partial charge in [-0.05, 0) is 148 Å². The molecule has 336 valence electrons. The summed E-state index contributed by atoms with van der Waals surface area (Å²) in [4.78, 5) is 8.45. The van der Waals surface area contributed by atoms with Crippen molar-refractivity contribution in [3.05, 3.63) is 154 Å². The molecule has 0 aromatic heterocycles.